The average Bonchev–Trinajstić information content (AvgIpc) is 2.61. The summed E-state index contributed by atoms with van der Waals surface area (Å²) in [6.45, 7) is 8.78. The lowest BCUT2D eigenvalue weighted by atomic mass is 9.85. The molecule has 1 fully saturated rings. The van der Waals surface area contributed by atoms with E-state index in [2.05, 4.69) is 24.8 Å². The van der Waals surface area contributed by atoms with Crippen LogP contribution in [0.25, 0.3) is 0 Å². The number of likely N-dealkylation sites (tertiary alicyclic amines) is 1. The molecule has 3 nitrogen and oxygen atoms in total. The van der Waals surface area contributed by atoms with E-state index in [-0.39, 0.29) is 0 Å². The quantitative estimate of drug-likeness (QED) is 0.842. The molecule has 0 atom stereocenters. The van der Waals surface area contributed by atoms with Crippen LogP contribution in [0, 0.1) is 16.7 Å². The van der Waals surface area contributed by atoms with Gasteiger partial charge in [-0.2, -0.15) is 5.26 Å². The highest BCUT2D eigenvalue weighted by Crippen LogP contribution is 2.29. The Hall–Kier alpha value is -1.53. The lowest BCUT2D eigenvalue weighted by Gasteiger charge is -2.23. The molecule has 0 spiro atoms. The van der Waals surface area contributed by atoms with Crippen molar-refractivity contribution in [3.8, 4) is 11.8 Å². The predicted molar refractivity (Wildman–Crippen MR) is 80.7 cm³/mol. The highest BCUT2D eigenvalue weighted by atomic mass is 16.5. The first kappa shape index (κ1) is 14.9. The highest BCUT2D eigenvalue weighted by Gasteiger charge is 2.22. The third-order valence-corrected chi connectivity index (χ3v) is 4.09. The van der Waals surface area contributed by atoms with Crippen molar-refractivity contribution in [3.05, 3.63) is 29.8 Å². The summed E-state index contributed by atoms with van der Waals surface area (Å²) in [4.78, 5) is 2.50. The molecule has 0 saturated carbocycles. The Bertz CT molecular complexity index is 459. The maximum absolute atomic E-state index is 8.75. The molecule has 0 aliphatic carbocycles. The maximum atomic E-state index is 8.75. The smallest absolute Gasteiger partial charge is 0.119 e. The summed E-state index contributed by atoms with van der Waals surface area (Å²) in [5, 5.41) is 8.75. The summed E-state index contributed by atoms with van der Waals surface area (Å²) < 4.78 is 5.75. The van der Waals surface area contributed by atoms with Gasteiger partial charge < -0.3 is 4.74 Å². The number of nitriles is 1. The number of ether oxygens (including phenoxy) is 1. The molecule has 2 rings (SSSR count). The molecular weight excluding hydrogens is 248 g/mol. The third kappa shape index (κ3) is 4.54. The van der Waals surface area contributed by atoms with Crippen molar-refractivity contribution in [2.45, 2.75) is 33.1 Å². The highest BCUT2D eigenvalue weighted by molar-refractivity contribution is 5.34. The Balaban J connectivity index is 1.74. The number of hydrogen-bond donors (Lipinski definition) is 0. The Morgan fingerprint density at radius 3 is 2.65 bits per heavy atom. The predicted octanol–water partition coefficient (Wildman–Crippen LogP) is 3.45. The molecule has 3 heteroatoms. The molecule has 0 bridgehead atoms. The first-order valence-corrected chi connectivity index (χ1v) is 7.44. The second kappa shape index (κ2) is 6.76. The molecule has 20 heavy (non-hydrogen) atoms. The van der Waals surface area contributed by atoms with Gasteiger partial charge in [-0.25, -0.2) is 0 Å². The summed E-state index contributed by atoms with van der Waals surface area (Å²) in [5.41, 5.74) is 1.16. The van der Waals surface area contributed by atoms with E-state index in [1.165, 1.54) is 32.4 Å². The molecule has 1 heterocycles. The van der Waals surface area contributed by atoms with Crippen molar-refractivity contribution >= 4 is 0 Å². The van der Waals surface area contributed by atoms with E-state index in [9.17, 15) is 0 Å². The van der Waals surface area contributed by atoms with E-state index in [1.807, 2.05) is 12.1 Å². The Kier molecular flexibility index (Phi) is 5.03. The van der Waals surface area contributed by atoms with E-state index >= 15 is 0 Å². The first-order chi connectivity index (χ1) is 9.59. The number of nitrogens with zero attached hydrogens (tertiary/aromatic N) is 2. The minimum Gasteiger partial charge on any atom is -0.492 e. The summed E-state index contributed by atoms with van der Waals surface area (Å²) in [7, 11) is 0. The Morgan fingerprint density at radius 2 is 1.95 bits per heavy atom. The van der Waals surface area contributed by atoms with Crippen molar-refractivity contribution in [3.63, 3.8) is 0 Å². The minimum absolute atomic E-state index is 0.489. The fraction of sp³-hybridized carbons (Fsp3) is 0.588. The molecule has 0 aromatic heterocycles. The molecule has 0 N–H and O–H groups in total. The van der Waals surface area contributed by atoms with Gasteiger partial charge >= 0.3 is 0 Å². The zero-order chi connectivity index (χ0) is 14.4. The van der Waals surface area contributed by atoms with Crippen LogP contribution < -0.4 is 4.74 Å². The second-order valence-corrected chi connectivity index (χ2v) is 6.34. The van der Waals surface area contributed by atoms with Crippen molar-refractivity contribution in [1.29, 1.82) is 5.26 Å². The van der Waals surface area contributed by atoms with E-state index in [0.29, 0.717) is 17.6 Å². The molecule has 1 aromatic carbocycles. The van der Waals surface area contributed by atoms with Crippen LogP contribution in [0.15, 0.2) is 24.3 Å². The topological polar surface area (TPSA) is 36.3 Å². The second-order valence-electron chi connectivity index (χ2n) is 6.34. The zero-order valence-corrected chi connectivity index (χ0v) is 12.6. The van der Waals surface area contributed by atoms with Gasteiger partial charge in [-0.3, -0.25) is 4.90 Å². The van der Waals surface area contributed by atoms with Gasteiger partial charge in [-0.15, -0.1) is 0 Å². The number of benzene rings is 1. The fourth-order valence-corrected chi connectivity index (χ4v) is 2.62. The fourth-order valence-electron chi connectivity index (χ4n) is 2.62. The summed E-state index contributed by atoms with van der Waals surface area (Å²) in [6.07, 6.45) is 3.87. The maximum Gasteiger partial charge on any atom is 0.119 e. The zero-order valence-electron chi connectivity index (χ0n) is 12.6. The SMILES string of the molecule is CC1(C)CCCN(CCOc2ccc(C#N)cc2)CC1. The van der Waals surface area contributed by atoms with Gasteiger partial charge in [0.1, 0.15) is 12.4 Å². The minimum atomic E-state index is 0.489. The lowest BCUT2D eigenvalue weighted by Crippen LogP contribution is -2.30. The first-order valence-electron chi connectivity index (χ1n) is 7.44. The number of rotatable bonds is 4. The van der Waals surface area contributed by atoms with Gasteiger partial charge in [-0.1, -0.05) is 13.8 Å². The molecule has 0 unspecified atom stereocenters. The molecule has 1 aliphatic heterocycles. The standard InChI is InChI=1S/C17H24N2O/c1-17(2)8-3-10-19(11-9-17)12-13-20-16-6-4-15(14-18)5-7-16/h4-7H,3,8-13H2,1-2H3. The van der Waals surface area contributed by atoms with Gasteiger partial charge in [0.15, 0.2) is 0 Å². The molecular formula is C17H24N2O. The van der Waals surface area contributed by atoms with Crippen molar-refractivity contribution in [1.82, 2.24) is 4.90 Å². The van der Waals surface area contributed by atoms with Crippen LogP contribution in [0.2, 0.25) is 0 Å². The van der Waals surface area contributed by atoms with Gasteiger partial charge in [0.25, 0.3) is 0 Å². The van der Waals surface area contributed by atoms with Crippen LogP contribution in [0.3, 0.4) is 0 Å². The molecule has 1 aliphatic rings. The lowest BCUT2D eigenvalue weighted by molar-refractivity contribution is 0.207. The van der Waals surface area contributed by atoms with Crippen LogP contribution in [0.5, 0.6) is 5.75 Å². The normalized spacial score (nSPS) is 19.1. The van der Waals surface area contributed by atoms with Gasteiger partial charge in [0.05, 0.1) is 11.6 Å². The van der Waals surface area contributed by atoms with E-state index < -0.39 is 0 Å². The van der Waals surface area contributed by atoms with Crippen molar-refractivity contribution < 1.29 is 4.74 Å². The van der Waals surface area contributed by atoms with E-state index in [1.54, 1.807) is 12.1 Å². The van der Waals surface area contributed by atoms with Gasteiger partial charge in [0, 0.05) is 6.54 Å². The van der Waals surface area contributed by atoms with Crippen LogP contribution in [-0.2, 0) is 0 Å². The largest absolute Gasteiger partial charge is 0.492 e. The van der Waals surface area contributed by atoms with E-state index in [0.717, 1.165) is 12.3 Å². The number of hydrogen-bond acceptors (Lipinski definition) is 3. The average molecular weight is 272 g/mol. The third-order valence-electron chi connectivity index (χ3n) is 4.09. The monoisotopic (exact) mass is 272 g/mol. The van der Waals surface area contributed by atoms with Crippen LogP contribution in [0.4, 0.5) is 0 Å². The van der Waals surface area contributed by atoms with E-state index in [4.69, 9.17) is 10.00 Å². The van der Waals surface area contributed by atoms with Gasteiger partial charge in [0.2, 0.25) is 0 Å². The summed E-state index contributed by atoms with van der Waals surface area (Å²) in [6, 6.07) is 9.43. The van der Waals surface area contributed by atoms with Gasteiger partial charge in [-0.05, 0) is 62.0 Å². The molecule has 0 radical (unpaired) electrons. The van der Waals surface area contributed by atoms with Crippen LogP contribution in [-0.4, -0.2) is 31.1 Å². The summed E-state index contributed by atoms with van der Waals surface area (Å²) >= 11 is 0. The van der Waals surface area contributed by atoms with Crippen LogP contribution >= 0.6 is 0 Å². The Labute approximate surface area is 122 Å². The van der Waals surface area contributed by atoms with Crippen molar-refractivity contribution in [2.75, 3.05) is 26.2 Å². The molecule has 1 saturated heterocycles. The summed E-state index contributed by atoms with van der Waals surface area (Å²) in [5.74, 6) is 0.846. The Morgan fingerprint density at radius 1 is 1.20 bits per heavy atom. The van der Waals surface area contributed by atoms with Crippen molar-refractivity contribution in [2.24, 2.45) is 5.41 Å². The molecule has 0 amide bonds. The molecule has 1 aromatic rings. The van der Waals surface area contributed by atoms with Crippen LogP contribution in [0.1, 0.15) is 38.7 Å². The molecule has 108 valence electrons.